The smallest absolute Gasteiger partial charge is 0.254 e. The second kappa shape index (κ2) is 7.30. The summed E-state index contributed by atoms with van der Waals surface area (Å²) in [7, 11) is 0. The average molecular weight is 336 g/mol. The summed E-state index contributed by atoms with van der Waals surface area (Å²) < 4.78 is 14.0. The molecule has 1 aliphatic rings. The molecule has 0 aromatic heterocycles. The highest BCUT2D eigenvalue weighted by atomic mass is 19.1. The van der Waals surface area contributed by atoms with Crippen LogP contribution in [0.15, 0.2) is 18.2 Å². The van der Waals surface area contributed by atoms with E-state index in [1.54, 1.807) is 20.8 Å². The van der Waals surface area contributed by atoms with Crippen molar-refractivity contribution in [1.29, 1.82) is 0 Å². The maximum atomic E-state index is 14.0. The molecule has 2 rings (SSSR count). The van der Waals surface area contributed by atoms with Crippen molar-refractivity contribution in [2.45, 2.75) is 58.6 Å². The van der Waals surface area contributed by atoms with E-state index in [4.69, 9.17) is 0 Å². The summed E-state index contributed by atoms with van der Waals surface area (Å²) in [4.78, 5) is 24.3. The lowest BCUT2D eigenvalue weighted by Crippen LogP contribution is -2.39. The summed E-state index contributed by atoms with van der Waals surface area (Å²) in [5, 5.41) is 15.0. The molecule has 1 aromatic rings. The molecule has 1 fully saturated rings. The van der Waals surface area contributed by atoms with Gasteiger partial charge in [0, 0.05) is 17.1 Å². The summed E-state index contributed by atoms with van der Waals surface area (Å²) >= 11 is 0. The van der Waals surface area contributed by atoms with Crippen molar-refractivity contribution >= 4 is 17.5 Å². The van der Waals surface area contributed by atoms with E-state index >= 15 is 0 Å². The number of halogens is 1. The van der Waals surface area contributed by atoms with Gasteiger partial charge in [0.15, 0.2) is 0 Å². The number of anilines is 1. The Morgan fingerprint density at radius 2 is 1.79 bits per heavy atom. The highest BCUT2D eigenvalue weighted by Crippen LogP contribution is 2.22. The van der Waals surface area contributed by atoms with Gasteiger partial charge in [0.25, 0.3) is 5.91 Å². The molecule has 0 heterocycles. The third kappa shape index (κ3) is 4.77. The van der Waals surface area contributed by atoms with E-state index in [1.165, 1.54) is 18.2 Å². The van der Waals surface area contributed by atoms with Crippen molar-refractivity contribution in [3.05, 3.63) is 29.6 Å². The van der Waals surface area contributed by atoms with Crippen LogP contribution in [-0.2, 0) is 4.79 Å². The molecule has 1 aliphatic carbocycles. The van der Waals surface area contributed by atoms with Crippen molar-refractivity contribution < 1.29 is 19.1 Å². The second-order valence-electron chi connectivity index (χ2n) is 7.38. The molecule has 0 radical (unpaired) electrons. The van der Waals surface area contributed by atoms with Crippen LogP contribution in [0.25, 0.3) is 0 Å². The molecule has 0 bridgehead atoms. The van der Waals surface area contributed by atoms with Gasteiger partial charge in [-0.25, -0.2) is 4.39 Å². The van der Waals surface area contributed by atoms with Crippen LogP contribution in [0.5, 0.6) is 0 Å². The van der Waals surface area contributed by atoms with Crippen molar-refractivity contribution in [2.24, 2.45) is 5.41 Å². The van der Waals surface area contributed by atoms with Crippen LogP contribution in [0.2, 0.25) is 0 Å². The molecule has 6 heteroatoms. The lowest BCUT2D eigenvalue weighted by molar-refractivity contribution is -0.123. The van der Waals surface area contributed by atoms with Crippen LogP contribution < -0.4 is 10.6 Å². The van der Waals surface area contributed by atoms with Crippen molar-refractivity contribution in [2.75, 3.05) is 5.32 Å². The predicted molar refractivity (Wildman–Crippen MR) is 90.2 cm³/mol. The quantitative estimate of drug-likeness (QED) is 0.794. The minimum Gasteiger partial charge on any atom is -0.393 e. The van der Waals surface area contributed by atoms with Crippen LogP contribution in [0.3, 0.4) is 0 Å². The van der Waals surface area contributed by atoms with Crippen molar-refractivity contribution in [3.8, 4) is 0 Å². The van der Waals surface area contributed by atoms with E-state index < -0.39 is 17.1 Å². The number of hydrogen-bond acceptors (Lipinski definition) is 3. The molecule has 0 spiro atoms. The molecule has 2 amide bonds. The lowest BCUT2D eigenvalue weighted by Gasteiger charge is -2.26. The molecule has 0 saturated heterocycles. The predicted octanol–water partition coefficient (Wildman–Crippen LogP) is 2.84. The zero-order valence-corrected chi connectivity index (χ0v) is 14.4. The SMILES string of the molecule is CC(C)(C)C(=O)Nc1ccc(F)c(C(=O)NC2CCC(O)CC2)c1. The van der Waals surface area contributed by atoms with Gasteiger partial charge in [-0.1, -0.05) is 20.8 Å². The van der Waals surface area contributed by atoms with Gasteiger partial charge >= 0.3 is 0 Å². The Bertz CT molecular complexity index is 617. The Morgan fingerprint density at radius 3 is 2.38 bits per heavy atom. The molecule has 24 heavy (non-hydrogen) atoms. The summed E-state index contributed by atoms with van der Waals surface area (Å²) in [6, 6.07) is 3.91. The van der Waals surface area contributed by atoms with E-state index in [2.05, 4.69) is 10.6 Å². The molecule has 0 unspecified atom stereocenters. The van der Waals surface area contributed by atoms with Gasteiger partial charge in [-0.3, -0.25) is 9.59 Å². The fourth-order valence-corrected chi connectivity index (χ4v) is 2.58. The molecule has 1 aromatic carbocycles. The van der Waals surface area contributed by atoms with Gasteiger partial charge in [0.05, 0.1) is 11.7 Å². The van der Waals surface area contributed by atoms with E-state index in [-0.39, 0.29) is 23.6 Å². The first-order chi connectivity index (χ1) is 11.2. The number of aliphatic hydroxyl groups is 1. The van der Waals surface area contributed by atoms with Gasteiger partial charge < -0.3 is 15.7 Å². The maximum absolute atomic E-state index is 14.0. The van der Waals surface area contributed by atoms with Crippen molar-refractivity contribution in [3.63, 3.8) is 0 Å². The highest BCUT2D eigenvalue weighted by molar-refractivity contribution is 5.98. The first kappa shape index (κ1) is 18.4. The van der Waals surface area contributed by atoms with Crippen LogP contribution in [0.4, 0.5) is 10.1 Å². The monoisotopic (exact) mass is 336 g/mol. The number of amides is 2. The third-order valence-electron chi connectivity index (χ3n) is 4.18. The Balaban J connectivity index is 2.07. The summed E-state index contributed by atoms with van der Waals surface area (Å²) in [5.74, 6) is -1.33. The van der Waals surface area contributed by atoms with Gasteiger partial charge in [-0.2, -0.15) is 0 Å². The standard InChI is InChI=1S/C18H25FN2O3/c1-18(2,3)17(24)21-12-6-9-15(19)14(10-12)16(23)20-11-4-7-13(22)8-5-11/h6,9-11,13,22H,4-5,7-8H2,1-3H3,(H,20,23)(H,21,24). The molecular formula is C18H25FN2O3. The minimum absolute atomic E-state index is 0.0619. The molecule has 3 N–H and O–H groups in total. The van der Waals surface area contributed by atoms with E-state index in [1.807, 2.05) is 0 Å². The van der Waals surface area contributed by atoms with Crippen LogP contribution in [0.1, 0.15) is 56.8 Å². The van der Waals surface area contributed by atoms with Crippen molar-refractivity contribution in [1.82, 2.24) is 5.32 Å². The third-order valence-corrected chi connectivity index (χ3v) is 4.18. The van der Waals surface area contributed by atoms with Crippen LogP contribution >= 0.6 is 0 Å². The molecule has 132 valence electrons. The fraction of sp³-hybridized carbons (Fsp3) is 0.556. The minimum atomic E-state index is -0.628. The number of carbonyl (C=O) groups is 2. The van der Waals surface area contributed by atoms with E-state index in [0.29, 0.717) is 31.4 Å². The Kier molecular flexibility index (Phi) is 5.59. The fourth-order valence-electron chi connectivity index (χ4n) is 2.58. The topological polar surface area (TPSA) is 78.4 Å². The number of carbonyl (C=O) groups excluding carboxylic acids is 2. The number of nitrogens with one attached hydrogen (secondary N) is 2. The zero-order valence-electron chi connectivity index (χ0n) is 14.4. The maximum Gasteiger partial charge on any atom is 0.254 e. The first-order valence-corrected chi connectivity index (χ1v) is 8.27. The molecule has 0 atom stereocenters. The Hall–Kier alpha value is -1.95. The Morgan fingerprint density at radius 1 is 1.17 bits per heavy atom. The number of aliphatic hydroxyl groups excluding tert-OH is 1. The van der Waals surface area contributed by atoms with Gasteiger partial charge in [0.2, 0.25) is 5.91 Å². The van der Waals surface area contributed by atoms with E-state index in [0.717, 1.165) is 0 Å². The summed E-state index contributed by atoms with van der Waals surface area (Å²) in [6.45, 7) is 5.32. The first-order valence-electron chi connectivity index (χ1n) is 8.27. The van der Waals surface area contributed by atoms with Gasteiger partial charge in [-0.15, -0.1) is 0 Å². The molecular weight excluding hydrogens is 311 g/mol. The van der Waals surface area contributed by atoms with Gasteiger partial charge in [-0.05, 0) is 43.9 Å². The molecule has 5 nitrogen and oxygen atoms in total. The van der Waals surface area contributed by atoms with Crippen LogP contribution in [0, 0.1) is 11.2 Å². The zero-order chi connectivity index (χ0) is 17.9. The number of benzene rings is 1. The highest BCUT2D eigenvalue weighted by Gasteiger charge is 2.24. The number of hydrogen-bond donors (Lipinski definition) is 3. The normalized spacial score (nSPS) is 21.2. The molecule has 1 saturated carbocycles. The lowest BCUT2D eigenvalue weighted by atomic mass is 9.93. The summed E-state index contributed by atoms with van der Waals surface area (Å²) in [6.07, 6.45) is 2.31. The average Bonchev–Trinajstić information content (AvgIpc) is 2.50. The second-order valence-corrected chi connectivity index (χ2v) is 7.38. The van der Waals surface area contributed by atoms with Gasteiger partial charge in [0.1, 0.15) is 5.82 Å². The molecule has 0 aliphatic heterocycles. The van der Waals surface area contributed by atoms with Crippen LogP contribution in [-0.4, -0.2) is 29.1 Å². The number of rotatable bonds is 3. The Labute approximate surface area is 141 Å². The summed E-state index contributed by atoms with van der Waals surface area (Å²) in [5.41, 5.74) is -0.284. The van der Waals surface area contributed by atoms with E-state index in [9.17, 15) is 19.1 Å². The largest absolute Gasteiger partial charge is 0.393 e.